The van der Waals surface area contributed by atoms with E-state index in [2.05, 4.69) is 17.1 Å². The Hall–Kier alpha value is -0.720. The van der Waals surface area contributed by atoms with Crippen molar-refractivity contribution in [1.29, 1.82) is 0 Å². The smallest absolute Gasteiger partial charge is 0.195 e. The summed E-state index contributed by atoms with van der Waals surface area (Å²) >= 11 is 5.10. The minimum atomic E-state index is 0.469. The van der Waals surface area contributed by atoms with Crippen LogP contribution >= 0.6 is 12.2 Å². The first-order valence-electron chi connectivity index (χ1n) is 5.00. The molecule has 1 aromatic rings. The molecule has 1 aromatic heterocycles. The van der Waals surface area contributed by atoms with Crippen molar-refractivity contribution in [2.75, 3.05) is 20.3 Å². The number of hydrogen-bond donors (Lipinski definition) is 1. The summed E-state index contributed by atoms with van der Waals surface area (Å²) < 4.78 is 12.9. The average molecular weight is 231 g/mol. The van der Waals surface area contributed by atoms with Gasteiger partial charge < -0.3 is 14.0 Å². The number of rotatable bonds is 7. The molecular weight excluding hydrogens is 214 g/mol. The third-order valence-corrected chi connectivity index (χ3v) is 2.26. The molecule has 5 nitrogen and oxygen atoms in total. The lowest BCUT2D eigenvalue weighted by Gasteiger charge is -2.05. The van der Waals surface area contributed by atoms with Crippen LogP contribution in [0.3, 0.4) is 0 Å². The van der Waals surface area contributed by atoms with E-state index in [1.807, 2.05) is 4.57 Å². The Morgan fingerprint density at radius 3 is 2.93 bits per heavy atom. The largest absolute Gasteiger partial charge is 0.382 e. The van der Waals surface area contributed by atoms with Crippen molar-refractivity contribution in [3.63, 3.8) is 0 Å². The monoisotopic (exact) mass is 231 g/mol. The molecule has 0 bridgehead atoms. The van der Waals surface area contributed by atoms with Crippen LogP contribution in [0.25, 0.3) is 0 Å². The molecule has 0 saturated heterocycles. The molecule has 0 fully saturated rings. The predicted octanol–water partition coefficient (Wildman–Crippen LogP) is 1.51. The number of nitrogens with zero attached hydrogens (tertiary/aromatic N) is 2. The first-order chi connectivity index (χ1) is 7.29. The van der Waals surface area contributed by atoms with Crippen LogP contribution in [0, 0.1) is 4.77 Å². The van der Waals surface area contributed by atoms with Gasteiger partial charge in [-0.2, -0.15) is 5.10 Å². The van der Waals surface area contributed by atoms with E-state index >= 15 is 0 Å². The highest BCUT2D eigenvalue weighted by atomic mass is 32.1. The third-order valence-electron chi connectivity index (χ3n) is 1.95. The van der Waals surface area contributed by atoms with Crippen LogP contribution < -0.4 is 0 Å². The van der Waals surface area contributed by atoms with Gasteiger partial charge in [0, 0.05) is 13.7 Å². The highest BCUT2D eigenvalue weighted by Gasteiger charge is 2.04. The maximum atomic E-state index is 5.39. The molecule has 0 aliphatic heterocycles. The number of hydrogen-bond acceptors (Lipinski definition) is 4. The molecule has 1 heterocycles. The number of H-pyrrole nitrogens is 1. The van der Waals surface area contributed by atoms with Gasteiger partial charge in [-0.15, -0.1) is 0 Å². The van der Waals surface area contributed by atoms with Crippen molar-refractivity contribution < 1.29 is 9.47 Å². The molecule has 1 rings (SSSR count). The first-order valence-corrected chi connectivity index (χ1v) is 5.41. The SMILES string of the molecule is CCCn1c(COCCOC)n[nH]c1=S. The topological polar surface area (TPSA) is 52.1 Å². The molecule has 0 radical (unpaired) electrons. The van der Waals surface area contributed by atoms with Crippen LogP contribution in [0.5, 0.6) is 0 Å². The van der Waals surface area contributed by atoms with Gasteiger partial charge >= 0.3 is 0 Å². The second kappa shape index (κ2) is 6.71. The van der Waals surface area contributed by atoms with Gasteiger partial charge in [0.1, 0.15) is 6.61 Å². The molecule has 1 N–H and O–H groups in total. The van der Waals surface area contributed by atoms with E-state index in [4.69, 9.17) is 21.7 Å². The summed E-state index contributed by atoms with van der Waals surface area (Å²) in [5, 5.41) is 6.88. The lowest BCUT2D eigenvalue weighted by Crippen LogP contribution is -2.08. The summed E-state index contributed by atoms with van der Waals surface area (Å²) in [7, 11) is 1.65. The van der Waals surface area contributed by atoms with Crippen LogP contribution in [0.15, 0.2) is 0 Å². The minimum absolute atomic E-state index is 0.469. The average Bonchev–Trinajstić information content (AvgIpc) is 2.57. The summed E-state index contributed by atoms with van der Waals surface area (Å²) in [5.74, 6) is 0.845. The van der Waals surface area contributed by atoms with Crippen molar-refractivity contribution in [3.05, 3.63) is 10.6 Å². The van der Waals surface area contributed by atoms with Crippen LogP contribution in [0.2, 0.25) is 0 Å². The molecule has 15 heavy (non-hydrogen) atoms. The molecule has 0 amide bonds. The molecule has 0 spiro atoms. The Kier molecular flexibility index (Phi) is 5.52. The van der Waals surface area contributed by atoms with Crippen molar-refractivity contribution in [2.45, 2.75) is 26.5 Å². The summed E-state index contributed by atoms with van der Waals surface area (Å²) in [6.07, 6.45) is 1.03. The molecule has 0 unspecified atom stereocenters. The summed E-state index contributed by atoms with van der Waals surface area (Å²) in [6.45, 7) is 4.61. The highest BCUT2D eigenvalue weighted by Crippen LogP contribution is 2.01. The van der Waals surface area contributed by atoms with E-state index in [9.17, 15) is 0 Å². The maximum Gasteiger partial charge on any atom is 0.195 e. The maximum absolute atomic E-state index is 5.39. The molecule has 0 aromatic carbocycles. The van der Waals surface area contributed by atoms with E-state index in [-0.39, 0.29) is 0 Å². The molecule has 0 atom stereocenters. The second-order valence-corrected chi connectivity index (χ2v) is 3.53. The number of aromatic amines is 1. The third kappa shape index (κ3) is 3.73. The molecule has 6 heteroatoms. The van der Waals surface area contributed by atoms with Crippen molar-refractivity contribution in [3.8, 4) is 0 Å². The van der Waals surface area contributed by atoms with Gasteiger partial charge in [-0.1, -0.05) is 6.92 Å². The lowest BCUT2D eigenvalue weighted by atomic mass is 10.4. The van der Waals surface area contributed by atoms with Gasteiger partial charge in [-0.05, 0) is 18.6 Å². The molecule has 0 aliphatic carbocycles. The summed E-state index contributed by atoms with van der Waals surface area (Å²) in [5.41, 5.74) is 0. The van der Waals surface area contributed by atoms with Gasteiger partial charge in [0.15, 0.2) is 10.6 Å². The van der Waals surface area contributed by atoms with E-state index in [0.717, 1.165) is 18.8 Å². The van der Waals surface area contributed by atoms with Crippen LogP contribution in [-0.4, -0.2) is 35.1 Å². The van der Waals surface area contributed by atoms with Gasteiger partial charge in [-0.3, -0.25) is 5.10 Å². The minimum Gasteiger partial charge on any atom is -0.382 e. The fourth-order valence-electron chi connectivity index (χ4n) is 1.22. The Morgan fingerprint density at radius 1 is 1.47 bits per heavy atom. The number of ether oxygens (including phenoxy) is 2. The van der Waals surface area contributed by atoms with Crippen LogP contribution in [-0.2, 0) is 22.6 Å². The fraction of sp³-hybridized carbons (Fsp3) is 0.778. The molecule has 0 saturated carbocycles. The standard InChI is InChI=1S/C9H17N3O2S/c1-3-4-12-8(10-11-9(12)15)7-14-6-5-13-2/h3-7H2,1-2H3,(H,11,15). The predicted molar refractivity (Wildman–Crippen MR) is 59.2 cm³/mol. The van der Waals surface area contributed by atoms with E-state index < -0.39 is 0 Å². The van der Waals surface area contributed by atoms with Crippen molar-refractivity contribution in [1.82, 2.24) is 14.8 Å². The first kappa shape index (κ1) is 12.4. The van der Waals surface area contributed by atoms with Gasteiger partial charge in [-0.25, -0.2) is 0 Å². The lowest BCUT2D eigenvalue weighted by molar-refractivity contribution is 0.0571. The van der Waals surface area contributed by atoms with Gasteiger partial charge in [0.2, 0.25) is 0 Å². The Bertz CT molecular complexity index is 334. The van der Waals surface area contributed by atoms with Gasteiger partial charge in [0.25, 0.3) is 0 Å². The zero-order valence-electron chi connectivity index (χ0n) is 9.15. The Morgan fingerprint density at radius 2 is 2.27 bits per heavy atom. The highest BCUT2D eigenvalue weighted by molar-refractivity contribution is 7.71. The number of aromatic nitrogens is 3. The number of methoxy groups -OCH3 is 1. The van der Waals surface area contributed by atoms with Crippen molar-refractivity contribution in [2.24, 2.45) is 0 Å². The number of nitrogens with one attached hydrogen (secondary N) is 1. The normalized spacial score (nSPS) is 10.8. The molecule has 0 aliphatic rings. The van der Waals surface area contributed by atoms with E-state index in [1.54, 1.807) is 7.11 Å². The summed E-state index contributed by atoms with van der Waals surface area (Å²) in [4.78, 5) is 0. The van der Waals surface area contributed by atoms with Crippen LogP contribution in [0.4, 0.5) is 0 Å². The second-order valence-electron chi connectivity index (χ2n) is 3.14. The quantitative estimate of drug-likeness (QED) is 0.571. The van der Waals surface area contributed by atoms with E-state index in [1.165, 1.54) is 0 Å². The van der Waals surface area contributed by atoms with E-state index in [0.29, 0.717) is 24.6 Å². The van der Waals surface area contributed by atoms with Crippen molar-refractivity contribution >= 4 is 12.2 Å². The zero-order valence-corrected chi connectivity index (χ0v) is 9.97. The Balaban J connectivity index is 2.49. The molecule has 86 valence electrons. The zero-order chi connectivity index (χ0) is 11.1. The summed E-state index contributed by atoms with van der Waals surface area (Å²) in [6, 6.07) is 0. The van der Waals surface area contributed by atoms with Gasteiger partial charge in [0.05, 0.1) is 13.2 Å². The van der Waals surface area contributed by atoms with Crippen LogP contribution in [0.1, 0.15) is 19.2 Å². The molecular formula is C9H17N3O2S. The Labute approximate surface area is 94.4 Å². The fourth-order valence-corrected chi connectivity index (χ4v) is 1.46.